The Balaban J connectivity index is 1.25. The maximum Gasteiger partial charge on any atom is 0.260 e. The molecule has 0 saturated carbocycles. The highest BCUT2D eigenvalue weighted by molar-refractivity contribution is 6.09. The smallest absolute Gasteiger partial charge is 0.260 e. The fraction of sp³-hybridized carbons (Fsp3) is 0.349. The second-order valence-corrected chi connectivity index (χ2v) is 14.6. The molecule has 0 aliphatic heterocycles. The summed E-state index contributed by atoms with van der Waals surface area (Å²) >= 11 is 0. The molecule has 2 aromatic carbocycles. The van der Waals surface area contributed by atoms with E-state index in [1.54, 1.807) is 40.1 Å². The van der Waals surface area contributed by atoms with Crippen molar-refractivity contribution in [1.82, 2.24) is 29.7 Å². The molecule has 0 aliphatic carbocycles. The van der Waals surface area contributed by atoms with Gasteiger partial charge in [-0.05, 0) is 70.2 Å². The molecule has 4 N–H and O–H groups in total. The standard InChI is InChI=1S/C43H48N8O6/c1-24-10-7-12-28-16-32-38(48-36(24)28)34(40(54)46-18-26(3)52)22-50(42(32)56)20-30(44-5)14-9-15-31(45-6)21-51-23-35(41(55)47-19-27(4)53)39-33(43(51)57)17-29-13-8-11-25(2)37(29)49-39/h7-8,10-13,16-17,22-23,26-27,52-53H,9,14-15,18-21H2,1-6H3,(H,46,54)(H,47,55). The number of aliphatic hydroxyl groups is 2. The fourth-order valence-electron chi connectivity index (χ4n) is 6.94. The van der Waals surface area contributed by atoms with Crippen molar-refractivity contribution in [1.29, 1.82) is 0 Å². The number of carbonyl (C=O) groups is 2. The van der Waals surface area contributed by atoms with E-state index in [-0.39, 0.29) is 59.5 Å². The number of pyridine rings is 4. The van der Waals surface area contributed by atoms with Crippen molar-refractivity contribution in [2.24, 2.45) is 9.98 Å². The van der Waals surface area contributed by atoms with E-state index < -0.39 is 24.0 Å². The van der Waals surface area contributed by atoms with Crippen LogP contribution in [-0.4, -0.2) is 91.9 Å². The molecule has 0 saturated heterocycles. The van der Waals surface area contributed by atoms with Crippen LogP contribution in [0.5, 0.6) is 0 Å². The van der Waals surface area contributed by atoms with Gasteiger partial charge in [-0.15, -0.1) is 0 Å². The molecule has 6 aromatic rings. The minimum absolute atomic E-state index is 0.0331. The summed E-state index contributed by atoms with van der Waals surface area (Å²) < 4.78 is 2.94. The van der Waals surface area contributed by atoms with Crippen molar-refractivity contribution in [2.75, 3.05) is 27.2 Å². The topological polar surface area (TPSA) is 193 Å². The molecule has 0 bridgehead atoms. The Hall–Kier alpha value is -6.12. The Bertz CT molecular complexity index is 2530. The van der Waals surface area contributed by atoms with Crippen LogP contribution in [0.1, 0.15) is 65.0 Å². The summed E-state index contributed by atoms with van der Waals surface area (Å²) in [5.74, 6) is -0.916. The van der Waals surface area contributed by atoms with E-state index in [2.05, 4.69) is 20.6 Å². The lowest BCUT2D eigenvalue weighted by Gasteiger charge is -2.16. The SMILES string of the molecule is CN=C(CCCC(Cn1cc(C(=O)NCC(C)O)c2nc3c(C)cccc3cc2c1=O)=NC)Cn1cc(C(=O)NCC(C)O)c2nc3c(C)cccc3cc2c1=O. The Labute approximate surface area is 329 Å². The van der Waals surface area contributed by atoms with Crippen LogP contribution in [0.25, 0.3) is 43.6 Å². The number of benzene rings is 2. The maximum absolute atomic E-state index is 13.9. The van der Waals surface area contributed by atoms with Crippen LogP contribution in [0.4, 0.5) is 0 Å². The summed E-state index contributed by atoms with van der Waals surface area (Å²) in [6, 6.07) is 14.9. The molecule has 14 nitrogen and oxygen atoms in total. The van der Waals surface area contributed by atoms with Crippen LogP contribution < -0.4 is 21.8 Å². The van der Waals surface area contributed by atoms with Gasteiger partial charge in [-0.3, -0.25) is 29.2 Å². The molecule has 0 fully saturated rings. The molecule has 4 heterocycles. The Morgan fingerprint density at radius 3 is 1.46 bits per heavy atom. The highest BCUT2D eigenvalue weighted by atomic mass is 16.3. The van der Waals surface area contributed by atoms with Gasteiger partial charge in [0.25, 0.3) is 22.9 Å². The first-order valence-electron chi connectivity index (χ1n) is 19.0. The first-order valence-corrected chi connectivity index (χ1v) is 19.0. The number of nitrogens with zero attached hydrogens (tertiary/aromatic N) is 6. The lowest BCUT2D eigenvalue weighted by molar-refractivity contribution is 0.0918. The Morgan fingerprint density at radius 1 is 0.684 bits per heavy atom. The molecule has 296 valence electrons. The third-order valence-corrected chi connectivity index (χ3v) is 10.0. The van der Waals surface area contributed by atoms with Crippen LogP contribution >= 0.6 is 0 Å². The monoisotopic (exact) mass is 772 g/mol. The quantitative estimate of drug-likeness (QED) is 0.0932. The summed E-state index contributed by atoms with van der Waals surface area (Å²) in [5.41, 5.74) is 4.99. The van der Waals surface area contributed by atoms with E-state index in [0.717, 1.165) is 21.9 Å². The Morgan fingerprint density at radius 2 is 1.09 bits per heavy atom. The molecule has 0 spiro atoms. The molecule has 57 heavy (non-hydrogen) atoms. The predicted molar refractivity (Wildman–Crippen MR) is 225 cm³/mol. The number of aliphatic imine (C=N–C) groups is 2. The third-order valence-electron chi connectivity index (χ3n) is 10.0. The lowest BCUT2D eigenvalue weighted by atomic mass is 10.1. The van der Waals surface area contributed by atoms with E-state index in [4.69, 9.17) is 9.97 Å². The molecule has 6 rings (SSSR count). The van der Waals surface area contributed by atoms with Crippen molar-refractivity contribution in [3.8, 4) is 0 Å². The number of hydrogen-bond donors (Lipinski definition) is 4. The first kappa shape index (κ1) is 40.5. The highest BCUT2D eigenvalue weighted by Gasteiger charge is 2.21. The molecule has 4 aromatic heterocycles. The summed E-state index contributed by atoms with van der Waals surface area (Å²) in [6.45, 7) is 7.31. The Kier molecular flexibility index (Phi) is 12.3. The van der Waals surface area contributed by atoms with Gasteiger partial charge in [0.05, 0.1) is 69.3 Å². The number of hydrogen-bond acceptors (Lipinski definition) is 10. The maximum atomic E-state index is 13.9. The second-order valence-electron chi connectivity index (χ2n) is 14.6. The highest BCUT2D eigenvalue weighted by Crippen LogP contribution is 2.24. The number of carbonyl (C=O) groups excluding carboxylic acids is 2. The van der Waals surface area contributed by atoms with Gasteiger partial charge in [-0.1, -0.05) is 36.4 Å². The molecule has 2 unspecified atom stereocenters. The minimum atomic E-state index is -0.763. The third kappa shape index (κ3) is 8.82. The first-order chi connectivity index (χ1) is 27.3. The molecule has 2 amide bonds. The van der Waals surface area contributed by atoms with Gasteiger partial charge in [-0.25, -0.2) is 9.97 Å². The zero-order chi connectivity index (χ0) is 41.0. The second kappa shape index (κ2) is 17.3. The van der Waals surface area contributed by atoms with Gasteiger partial charge in [0.2, 0.25) is 0 Å². The lowest BCUT2D eigenvalue weighted by Crippen LogP contribution is -2.33. The van der Waals surface area contributed by atoms with E-state index >= 15 is 0 Å². The molecule has 0 aliphatic rings. The number of fused-ring (bicyclic) bond motifs is 4. The van der Waals surface area contributed by atoms with Crippen LogP contribution in [0, 0.1) is 13.8 Å². The number of aromatic nitrogens is 4. The summed E-state index contributed by atoms with van der Waals surface area (Å²) in [5, 5.41) is 27.3. The van der Waals surface area contributed by atoms with Gasteiger partial charge >= 0.3 is 0 Å². The van der Waals surface area contributed by atoms with Crippen molar-refractivity contribution >= 4 is 66.8 Å². The van der Waals surface area contributed by atoms with Crippen LogP contribution in [0.15, 0.2) is 80.5 Å². The van der Waals surface area contributed by atoms with Gasteiger partial charge in [0.1, 0.15) is 0 Å². The van der Waals surface area contributed by atoms with Gasteiger partial charge < -0.3 is 30.0 Å². The van der Waals surface area contributed by atoms with Crippen LogP contribution in [0.2, 0.25) is 0 Å². The van der Waals surface area contributed by atoms with Crippen LogP contribution in [0.3, 0.4) is 0 Å². The average Bonchev–Trinajstić information content (AvgIpc) is 3.19. The summed E-state index contributed by atoms with van der Waals surface area (Å²) in [7, 11) is 3.31. The molecule has 2 atom stereocenters. The number of para-hydroxylation sites is 2. The molecule has 14 heteroatoms. The van der Waals surface area contributed by atoms with Crippen molar-refractivity contribution in [3.05, 3.63) is 104 Å². The van der Waals surface area contributed by atoms with E-state index in [0.29, 0.717) is 52.5 Å². The van der Waals surface area contributed by atoms with E-state index in [9.17, 15) is 29.4 Å². The average molecular weight is 773 g/mol. The summed E-state index contributed by atoms with van der Waals surface area (Å²) in [6.07, 6.45) is 3.06. The number of nitrogens with one attached hydrogen (secondary N) is 2. The number of rotatable bonds is 14. The zero-order valence-electron chi connectivity index (χ0n) is 33.1. The van der Waals surface area contributed by atoms with E-state index in [1.165, 1.54) is 21.5 Å². The van der Waals surface area contributed by atoms with Crippen molar-refractivity contribution in [2.45, 2.75) is 72.3 Å². The molecule has 0 radical (unpaired) electrons. The van der Waals surface area contributed by atoms with Crippen molar-refractivity contribution in [3.63, 3.8) is 0 Å². The zero-order valence-corrected chi connectivity index (χ0v) is 33.1. The number of aliphatic hydroxyl groups excluding tert-OH is 2. The predicted octanol–water partition coefficient (Wildman–Crippen LogP) is 4.26. The van der Waals surface area contributed by atoms with Gasteiger partial charge in [-0.2, -0.15) is 0 Å². The largest absolute Gasteiger partial charge is 0.392 e. The fourth-order valence-corrected chi connectivity index (χ4v) is 6.94. The van der Waals surface area contributed by atoms with Gasteiger partial charge in [0, 0.05) is 61.8 Å². The number of aryl methyl sites for hydroxylation is 2. The molecular weight excluding hydrogens is 725 g/mol. The summed E-state index contributed by atoms with van der Waals surface area (Å²) in [4.78, 5) is 73.3. The van der Waals surface area contributed by atoms with Gasteiger partial charge in [0.15, 0.2) is 0 Å². The minimum Gasteiger partial charge on any atom is -0.392 e. The normalized spacial score (nSPS) is 13.4. The number of amides is 2. The molecular formula is C43H48N8O6. The van der Waals surface area contributed by atoms with Crippen LogP contribution in [-0.2, 0) is 13.1 Å². The van der Waals surface area contributed by atoms with Crippen molar-refractivity contribution < 1.29 is 19.8 Å². The van der Waals surface area contributed by atoms with E-state index in [1.807, 2.05) is 50.2 Å².